The molecular formula is C67H48N2. The largest absolute Gasteiger partial charge is 0.309 e. The lowest BCUT2D eigenvalue weighted by Gasteiger charge is -2.36. The van der Waals surface area contributed by atoms with Crippen LogP contribution < -0.4 is 9.80 Å². The zero-order valence-electron chi connectivity index (χ0n) is 38.6. The van der Waals surface area contributed by atoms with E-state index < -0.39 is 5.41 Å². The van der Waals surface area contributed by atoms with E-state index in [-0.39, 0.29) is 0 Å². The number of hydrogen-bond acceptors (Lipinski definition) is 2. The molecule has 13 rings (SSSR count). The molecule has 0 unspecified atom stereocenters. The van der Waals surface area contributed by atoms with Gasteiger partial charge in [0, 0.05) is 44.3 Å². The van der Waals surface area contributed by atoms with Gasteiger partial charge in [0.2, 0.25) is 0 Å². The van der Waals surface area contributed by atoms with E-state index in [4.69, 9.17) is 0 Å². The molecule has 0 radical (unpaired) electrons. The van der Waals surface area contributed by atoms with Crippen molar-refractivity contribution in [1.82, 2.24) is 0 Å². The maximum absolute atomic E-state index is 2.50. The van der Waals surface area contributed by atoms with E-state index in [1.54, 1.807) is 0 Å². The van der Waals surface area contributed by atoms with Crippen LogP contribution in [0.4, 0.5) is 34.1 Å². The van der Waals surface area contributed by atoms with E-state index in [0.717, 1.165) is 22.7 Å². The van der Waals surface area contributed by atoms with Crippen LogP contribution in [0.5, 0.6) is 0 Å². The Labute approximate surface area is 403 Å². The van der Waals surface area contributed by atoms with Crippen molar-refractivity contribution < 1.29 is 0 Å². The van der Waals surface area contributed by atoms with Gasteiger partial charge in [-0.25, -0.2) is 0 Å². The summed E-state index contributed by atoms with van der Waals surface area (Å²) in [5.74, 6) is 0. The Morgan fingerprint density at radius 1 is 0.275 bits per heavy atom. The van der Waals surface area contributed by atoms with Gasteiger partial charge in [-0.15, -0.1) is 0 Å². The number of aryl methyl sites for hydroxylation is 2. The first-order valence-corrected chi connectivity index (χ1v) is 24.0. The fraction of sp³-hybridized carbons (Fsp3) is 0.0448. The molecule has 1 aliphatic rings. The maximum atomic E-state index is 2.50. The van der Waals surface area contributed by atoms with E-state index in [9.17, 15) is 0 Å². The van der Waals surface area contributed by atoms with Crippen LogP contribution in [0.25, 0.3) is 54.2 Å². The third-order valence-corrected chi connectivity index (χ3v) is 14.6. The second-order valence-electron chi connectivity index (χ2n) is 18.6. The van der Waals surface area contributed by atoms with Gasteiger partial charge < -0.3 is 9.80 Å². The molecule has 0 aliphatic heterocycles. The Hall–Kier alpha value is -8.72. The van der Waals surface area contributed by atoms with E-state index in [1.807, 2.05) is 0 Å². The summed E-state index contributed by atoms with van der Waals surface area (Å²) >= 11 is 0. The van der Waals surface area contributed by atoms with Crippen molar-refractivity contribution in [3.63, 3.8) is 0 Å². The summed E-state index contributed by atoms with van der Waals surface area (Å²) in [6.45, 7) is 4.33. The summed E-state index contributed by atoms with van der Waals surface area (Å²) in [4.78, 5) is 5.01. The Bertz CT molecular complexity index is 3540. The number of fused-ring (bicyclic) bond motifs is 7. The third-order valence-electron chi connectivity index (χ3n) is 14.6. The van der Waals surface area contributed by atoms with Crippen molar-refractivity contribution >= 4 is 77.2 Å². The SMILES string of the molecule is Cc1ccc(N(c2ccc3c(c2)C(c2ccccc2)(c2ccccc2)c2cc(N(c4ccc(C)cc4)c4c5ccccc5cc5ccccc45)ccc2-3)c2c3ccccc3cc3ccccc23)cc1. The van der Waals surface area contributed by atoms with Gasteiger partial charge in [0.05, 0.1) is 16.8 Å². The van der Waals surface area contributed by atoms with Gasteiger partial charge in [0.25, 0.3) is 0 Å². The van der Waals surface area contributed by atoms with Gasteiger partial charge in [0.1, 0.15) is 0 Å². The van der Waals surface area contributed by atoms with E-state index in [1.165, 1.54) is 99.0 Å². The van der Waals surface area contributed by atoms with Gasteiger partial charge in [-0.2, -0.15) is 0 Å². The summed E-state index contributed by atoms with van der Waals surface area (Å²) in [6, 6.07) is 94.9. The van der Waals surface area contributed by atoms with Gasteiger partial charge in [-0.3, -0.25) is 0 Å². The average molecular weight is 881 g/mol. The van der Waals surface area contributed by atoms with Crippen molar-refractivity contribution in [1.29, 1.82) is 0 Å². The van der Waals surface area contributed by atoms with Gasteiger partial charge in [0.15, 0.2) is 0 Å². The standard InChI is InChI=1S/C67H48N2/c1-45-29-33-53(34-30-45)68(65-57-25-13-9-17-47(57)41-48-18-10-14-26-58(48)65)55-37-39-61-62-40-38-56(44-64(62)67(63(61)43-55,51-21-5-3-6-22-51)52-23-7-4-8-24-52)69(54-35-31-46(2)32-36-54)66-59-27-15-11-19-49(59)42-50-20-12-16-28-60(50)66/h3-44H,1-2H3. The predicted molar refractivity (Wildman–Crippen MR) is 293 cm³/mol. The lowest BCUT2D eigenvalue weighted by Crippen LogP contribution is -2.29. The van der Waals surface area contributed by atoms with Gasteiger partial charge >= 0.3 is 0 Å². The first kappa shape index (κ1) is 40.5. The molecule has 2 nitrogen and oxygen atoms in total. The van der Waals surface area contributed by atoms with Crippen molar-refractivity contribution in [3.8, 4) is 11.1 Å². The van der Waals surface area contributed by atoms with Gasteiger partial charge in [-0.05, 0) is 129 Å². The minimum atomic E-state index is -0.682. The van der Waals surface area contributed by atoms with Gasteiger partial charge in [-0.1, -0.05) is 205 Å². The molecule has 0 atom stereocenters. The highest BCUT2D eigenvalue weighted by atomic mass is 15.2. The summed E-state index contributed by atoms with van der Waals surface area (Å²) in [7, 11) is 0. The molecular weight excluding hydrogens is 833 g/mol. The predicted octanol–water partition coefficient (Wildman–Crippen LogP) is 18.2. The lowest BCUT2D eigenvalue weighted by atomic mass is 9.67. The molecule has 12 aromatic rings. The molecule has 0 fully saturated rings. The minimum Gasteiger partial charge on any atom is -0.309 e. The normalized spacial score (nSPS) is 12.6. The summed E-state index contributed by atoms with van der Waals surface area (Å²) in [5, 5.41) is 9.68. The highest BCUT2D eigenvalue weighted by molar-refractivity contribution is 6.16. The van der Waals surface area contributed by atoms with E-state index in [0.29, 0.717) is 0 Å². The Morgan fingerprint density at radius 2 is 0.580 bits per heavy atom. The highest BCUT2D eigenvalue weighted by Gasteiger charge is 2.47. The van der Waals surface area contributed by atoms with Crippen LogP contribution in [0, 0.1) is 13.8 Å². The van der Waals surface area contributed by atoms with Crippen LogP contribution in [0.15, 0.2) is 255 Å². The lowest BCUT2D eigenvalue weighted by molar-refractivity contribution is 0.768. The third kappa shape index (κ3) is 6.48. The van der Waals surface area contributed by atoms with Crippen molar-refractivity contribution in [3.05, 3.63) is 288 Å². The van der Waals surface area contributed by atoms with Crippen LogP contribution in [0.2, 0.25) is 0 Å². The molecule has 0 heterocycles. The second kappa shape index (κ2) is 16.3. The maximum Gasteiger partial charge on any atom is 0.0715 e. The van der Waals surface area contributed by atoms with E-state index in [2.05, 4.69) is 278 Å². The number of hydrogen-bond donors (Lipinski definition) is 0. The number of nitrogens with zero attached hydrogens (tertiary/aromatic N) is 2. The Balaban J connectivity index is 1.12. The monoisotopic (exact) mass is 880 g/mol. The molecule has 12 aromatic carbocycles. The van der Waals surface area contributed by atoms with Crippen LogP contribution in [0.1, 0.15) is 33.4 Å². The van der Waals surface area contributed by atoms with Crippen LogP contribution in [0.3, 0.4) is 0 Å². The van der Waals surface area contributed by atoms with Crippen molar-refractivity contribution in [2.24, 2.45) is 0 Å². The highest BCUT2D eigenvalue weighted by Crippen LogP contribution is 2.59. The van der Waals surface area contributed by atoms with Crippen LogP contribution in [-0.2, 0) is 5.41 Å². The summed E-state index contributed by atoms with van der Waals surface area (Å²) < 4.78 is 0. The molecule has 69 heavy (non-hydrogen) atoms. The van der Waals surface area contributed by atoms with Crippen molar-refractivity contribution in [2.75, 3.05) is 9.80 Å². The Morgan fingerprint density at radius 3 is 0.928 bits per heavy atom. The smallest absolute Gasteiger partial charge is 0.0715 e. The number of rotatable bonds is 8. The number of benzene rings is 12. The molecule has 2 heteroatoms. The fourth-order valence-corrected chi connectivity index (χ4v) is 11.4. The second-order valence-corrected chi connectivity index (χ2v) is 18.6. The average Bonchev–Trinajstić information content (AvgIpc) is 3.69. The minimum absolute atomic E-state index is 0.682. The Kier molecular flexibility index (Phi) is 9.55. The zero-order chi connectivity index (χ0) is 46.1. The molecule has 0 saturated carbocycles. The molecule has 1 aliphatic carbocycles. The number of anilines is 6. The van der Waals surface area contributed by atoms with E-state index >= 15 is 0 Å². The quantitative estimate of drug-likeness (QED) is 0.140. The fourth-order valence-electron chi connectivity index (χ4n) is 11.4. The molecule has 0 bridgehead atoms. The zero-order valence-corrected chi connectivity index (χ0v) is 38.6. The first-order chi connectivity index (χ1) is 34.0. The molecule has 0 spiro atoms. The summed E-state index contributed by atoms with van der Waals surface area (Å²) in [5.41, 5.74) is 16.0. The molecule has 0 amide bonds. The van der Waals surface area contributed by atoms with Crippen LogP contribution in [-0.4, -0.2) is 0 Å². The molecule has 0 saturated heterocycles. The topological polar surface area (TPSA) is 6.48 Å². The molecule has 326 valence electrons. The molecule has 0 aromatic heterocycles. The summed E-state index contributed by atoms with van der Waals surface area (Å²) in [6.07, 6.45) is 0. The molecule has 0 N–H and O–H groups in total. The van der Waals surface area contributed by atoms with Crippen molar-refractivity contribution in [2.45, 2.75) is 19.3 Å². The van der Waals surface area contributed by atoms with Crippen LogP contribution >= 0.6 is 0 Å². The first-order valence-electron chi connectivity index (χ1n) is 24.0.